The molecule has 0 aromatic heterocycles. The standard InChI is InChI=1S/C40H58O6S2/c1-15-31(39(9,10)11)23-27-35(19-5)47(41,42)36(20-6)28-24-32(16-2)45-33(17-3)25-29-37(21-7)48(43,44)38(22-8)30-26-34(18-4)46-40(12,13)14/h15-30H,1-14H3/b27-23-,28-24-,29-25-,30-26-,31-15+,32-16+,33-17+,34-18+,35-19+,36-20+,37-21+,38-22+. The number of hydrogen-bond acceptors (Lipinski definition) is 6. The Balaban J connectivity index is 6.18. The molecule has 0 bridgehead atoms. The fraction of sp³-hybridized carbons (Fsp3) is 0.400. The SMILES string of the molecule is C\C=C(/C=C\C(=C/C)S(=O)(=O)C(/C=C\C(=C/C)OC(C)(C)C)=C/C)OC(/C=C\C(=C/C)S(=O)(=O)C(/C=C\C(=C/C)C(C)(C)C)=C/C)=C/C. The van der Waals surface area contributed by atoms with Gasteiger partial charge in [0.05, 0.1) is 19.6 Å². The summed E-state index contributed by atoms with van der Waals surface area (Å²) >= 11 is 0. The van der Waals surface area contributed by atoms with Gasteiger partial charge in [-0.1, -0.05) is 57.2 Å². The highest BCUT2D eigenvalue weighted by molar-refractivity contribution is 7.99. The second kappa shape index (κ2) is 20.0. The minimum atomic E-state index is -3.86. The van der Waals surface area contributed by atoms with E-state index in [-0.39, 0.29) is 25.0 Å². The quantitative estimate of drug-likeness (QED) is 0.125. The fourth-order valence-corrected chi connectivity index (χ4v) is 6.91. The van der Waals surface area contributed by atoms with Crippen molar-refractivity contribution >= 4 is 19.7 Å². The summed E-state index contributed by atoms with van der Waals surface area (Å²) in [6.45, 7) is 26.0. The van der Waals surface area contributed by atoms with Gasteiger partial charge in [-0.2, -0.15) is 0 Å². The Bertz CT molecular complexity index is 1690. The van der Waals surface area contributed by atoms with Gasteiger partial charge in [-0.3, -0.25) is 0 Å². The predicted octanol–water partition coefficient (Wildman–Crippen LogP) is 11.2. The fourth-order valence-electron chi connectivity index (χ4n) is 4.14. The third-order valence-electron chi connectivity index (χ3n) is 6.73. The van der Waals surface area contributed by atoms with Gasteiger partial charge >= 0.3 is 0 Å². The summed E-state index contributed by atoms with van der Waals surface area (Å²) in [6, 6.07) is 0. The number of ether oxygens (including phenoxy) is 2. The molecule has 0 N–H and O–H groups in total. The van der Waals surface area contributed by atoms with Crippen LogP contribution in [0.2, 0.25) is 0 Å². The summed E-state index contributed by atoms with van der Waals surface area (Å²) < 4.78 is 66.1. The smallest absolute Gasteiger partial charge is 0.205 e. The lowest BCUT2D eigenvalue weighted by molar-refractivity contribution is 0.0597. The van der Waals surface area contributed by atoms with E-state index in [2.05, 4.69) is 20.8 Å². The molecule has 0 aromatic rings. The number of rotatable bonds is 15. The summed E-state index contributed by atoms with van der Waals surface area (Å²) in [5.74, 6) is 1.31. The van der Waals surface area contributed by atoms with E-state index < -0.39 is 25.3 Å². The van der Waals surface area contributed by atoms with Crippen LogP contribution in [0.3, 0.4) is 0 Å². The van der Waals surface area contributed by atoms with E-state index in [1.807, 2.05) is 46.8 Å². The van der Waals surface area contributed by atoms with Gasteiger partial charge in [-0.05, 0) is 148 Å². The molecule has 48 heavy (non-hydrogen) atoms. The lowest BCUT2D eigenvalue weighted by Gasteiger charge is -2.21. The predicted molar refractivity (Wildman–Crippen MR) is 206 cm³/mol. The van der Waals surface area contributed by atoms with Gasteiger partial charge in [0.15, 0.2) is 0 Å². The summed E-state index contributed by atoms with van der Waals surface area (Å²) in [5.41, 5.74) is 0.461. The Morgan fingerprint density at radius 3 is 0.979 bits per heavy atom. The van der Waals surface area contributed by atoms with Gasteiger partial charge in [0, 0.05) is 0 Å². The second-order valence-electron chi connectivity index (χ2n) is 12.5. The number of sulfone groups is 2. The maximum Gasteiger partial charge on any atom is 0.205 e. The van der Waals surface area contributed by atoms with Crippen LogP contribution in [0.15, 0.2) is 140 Å². The highest BCUT2D eigenvalue weighted by Gasteiger charge is 2.21. The van der Waals surface area contributed by atoms with E-state index in [0.29, 0.717) is 17.3 Å². The van der Waals surface area contributed by atoms with E-state index in [4.69, 9.17) is 9.47 Å². The first-order valence-electron chi connectivity index (χ1n) is 16.1. The van der Waals surface area contributed by atoms with Crippen LogP contribution in [0.25, 0.3) is 0 Å². The molecule has 0 rings (SSSR count). The average Bonchev–Trinajstić information content (AvgIpc) is 3.00. The van der Waals surface area contributed by atoms with Crippen molar-refractivity contribution < 1.29 is 26.3 Å². The molecule has 0 amide bonds. The van der Waals surface area contributed by atoms with E-state index in [9.17, 15) is 16.8 Å². The Morgan fingerprint density at radius 1 is 0.417 bits per heavy atom. The maximum absolute atomic E-state index is 13.5. The molecule has 266 valence electrons. The zero-order valence-electron chi connectivity index (χ0n) is 31.5. The molecule has 6 nitrogen and oxygen atoms in total. The van der Waals surface area contributed by atoms with E-state index in [0.717, 1.165) is 5.57 Å². The first-order valence-corrected chi connectivity index (χ1v) is 19.1. The van der Waals surface area contributed by atoms with Gasteiger partial charge in [-0.25, -0.2) is 16.8 Å². The maximum atomic E-state index is 13.5. The molecule has 8 heteroatoms. The molecule has 0 aliphatic heterocycles. The number of allylic oxidation sites excluding steroid dienone is 17. The highest BCUT2D eigenvalue weighted by Crippen LogP contribution is 2.28. The van der Waals surface area contributed by atoms with Crippen molar-refractivity contribution in [1.82, 2.24) is 0 Å². The monoisotopic (exact) mass is 698 g/mol. The summed E-state index contributed by atoms with van der Waals surface area (Å²) in [7, 11) is -7.67. The van der Waals surface area contributed by atoms with E-state index >= 15 is 0 Å². The Morgan fingerprint density at radius 2 is 0.729 bits per heavy atom. The lowest BCUT2D eigenvalue weighted by Crippen LogP contribution is -2.18. The molecule has 0 unspecified atom stereocenters. The lowest BCUT2D eigenvalue weighted by atomic mass is 9.86. The van der Waals surface area contributed by atoms with Crippen molar-refractivity contribution in [2.75, 3.05) is 0 Å². The van der Waals surface area contributed by atoms with Crippen LogP contribution in [-0.4, -0.2) is 22.4 Å². The summed E-state index contributed by atoms with van der Waals surface area (Å²) in [5, 5.41) is 0. The van der Waals surface area contributed by atoms with Crippen LogP contribution < -0.4 is 0 Å². The average molecular weight is 699 g/mol. The van der Waals surface area contributed by atoms with E-state index in [1.54, 1.807) is 90.2 Å². The van der Waals surface area contributed by atoms with Gasteiger partial charge in [0.2, 0.25) is 19.7 Å². The van der Waals surface area contributed by atoms with Crippen LogP contribution in [0.1, 0.15) is 96.9 Å². The molecular formula is C40H58O6S2. The first kappa shape index (κ1) is 44.4. The molecule has 0 heterocycles. The molecule has 0 aromatic carbocycles. The second-order valence-corrected chi connectivity index (χ2v) is 16.4. The molecule has 0 saturated carbocycles. The van der Waals surface area contributed by atoms with Crippen molar-refractivity contribution in [3.8, 4) is 0 Å². The number of hydrogen-bond donors (Lipinski definition) is 0. The zero-order valence-corrected chi connectivity index (χ0v) is 33.1. The Labute approximate surface area is 292 Å². The van der Waals surface area contributed by atoms with E-state index in [1.165, 1.54) is 36.5 Å². The van der Waals surface area contributed by atoms with Crippen molar-refractivity contribution in [3.63, 3.8) is 0 Å². The molecule has 0 saturated heterocycles. The molecule has 0 spiro atoms. The normalized spacial score (nSPS) is 16.7. The van der Waals surface area contributed by atoms with Crippen LogP contribution >= 0.6 is 0 Å². The topological polar surface area (TPSA) is 86.7 Å². The van der Waals surface area contributed by atoms with Crippen LogP contribution in [0.5, 0.6) is 0 Å². The van der Waals surface area contributed by atoms with Gasteiger partial charge < -0.3 is 9.47 Å². The van der Waals surface area contributed by atoms with Crippen molar-refractivity contribution in [3.05, 3.63) is 140 Å². The third kappa shape index (κ3) is 14.2. The molecule has 0 fully saturated rings. The zero-order chi connectivity index (χ0) is 37.3. The van der Waals surface area contributed by atoms with Crippen LogP contribution in [0, 0.1) is 5.41 Å². The van der Waals surface area contributed by atoms with Crippen molar-refractivity contribution in [2.45, 2.75) is 103 Å². The molecule has 0 aliphatic carbocycles. The molecule has 0 radical (unpaired) electrons. The largest absolute Gasteiger partial charge is 0.489 e. The van der Waals surface area contributed by atoms with Crippen molar-refractivity contribution in [2.24, 2.45) is 5.41 Å². The van der Waals surface area contributed by atoms with Crippen LogP contribution in [-0.2, 0) is 29.1 Å². The van der Waals surface area contributed by atoms with Crippen molar-refractivity contribution in [1.29, 1.82) is 0 Å². The highest BCUT2D eigenvalue weighted by atomic mass is 32.2. The summed E-state index contributed by atoms with van der Waals surface area (Å²) in [4.78, 5) is 0.499. The minimum absolute atomic E-state index is 0.0845. The first-order chi connectivity index (χ1) is 22.2. The van der Waals surface area contributed by atoms with Gasteiger partial charge in [0.25, 0.3) is 0 Å². The molecular weight excluding hydrogens is 641 g/mol. The van der Waals surface area contributed by atoms with Crippen LogP contribution in [0.4, 0.5) is 0 Å². The Hall–Kier alpha value is -3.62. The van der Waals surface area contributed by atoms with Gasteiger partial charge in [-0.15, -0.1) is 0 Å². The Kier molecular flexibility index (Phi) is 18.5. The summed E-state index contributed by atoms with van der Waals surface area (Å²) in [6.07, 6.45) is 26.0. The third-order valence-corrected chi connectivity index (χ3v) is 10.7. The van der Waals surface area contributed by atoms with Gasteiger partial charge in [0.1, 0.15) is 22.9 Å². The minimum Gasteiger partial charge on any atom is -0.489 e. The molecule has 0 atom stereocenters. The molecule has 0 aliphatic rings.